The molecule has 1 aliphatic heterocycles. The summed E-state index contributed by atoms with van der Waals surface area (Å²) in [6, 6.07) is -1.38. The SMILES string of the molecule is C[C@@H](O)[C@H](O)/C=C/C=C/C(=O)O[C@@H]1[C@H](O)C2=C(C(=O)N([C@@H](CCC(=O)O)C(=O)O)C2)[C@@]2(C)CCCC(C)(C)[C@H]12. The number of esters is 1. The maximum Gasteiger partial charge on any atom is 0.331 e. The molecule has 0 aromatic rings. The lowest BCUT2D eigenvalue weighted by Crippen LogP contribution is -2.58. The van der Waals surface area contributed by atoms with Crippen molar-refractivity contribution in [1.29, 1.82) is 0 Å². The Kier molecular flexibility index (Phi) is 9.09. The van der Waals surface area contributed by atoms with Crippen LogP contribution in [0.15, 0.2) is 35.5 Å². The van der Waals surface area contributed by atoms with Crippen LogP contribution >= 0.6 is 0 Å². The minimum Gasteiger partial charge on any atom is -0.481 e. The van der Waals surface area contributed by atoms with Crippen LogP contribution in [-0.2, 0) is 23.9 Å². The van der Waals surface area contributed by atoms with Gasteiger partial charge in [-0.1, -0.05) is 45.4 Å². The average Bonchev–Trinajstić information content (AvgIpc) is 3.17. The largest absolute Gasteiger partial charge is 0.481 e. The fourth-order valence-corrected chi connectivity index (χ4v) is 6.72. The molecule has 0 radical (unpaired) electrons. The summed E-state index contributed by atoms with van der Waals surface area (Å²) in [5.41, 5.74) is -0.605. The highest BCUT2D eigenvalue weighted by atomic mass is 16.6. The number of nitrogens with zero attached hydrogens (tertiary/aromatic N) is 1. The maximum atomic E-state index is 13.7. The number of hydrogen-bond donors (Lipinski definition) is 5. The first-order chi connectivity index (χ1) is 18.1. The Morgan fingerprint density at radius 3 is 2.38 bits per heavy atom. The van der Waals surface area contributed by atoms with Crippen molar-refractivity contribution < 1.29 is 49.4 Å². The van der Waals surface area contributed by atoms with Crippen LogP contribution < -0.4 is 0 Å². The van der Waals surface area contributed by atoms with Gasteiger partial charge in [-0.2, -0.15) is 0 Å². The van der Waals surface area contributed by atoms with E-state index in [-0.39, 0.29) is 13.0 Å². The van der Waals surface area contributed by atoms with Gasteiger partial charge in [0.2, 0.25) is 0 Å². The van der Waals surface area contributed by atoms with Crippen molar-refractivity contribution in [3.8, 4) is 0 Å². The van der Waals surface area contributed by atoms with Gasteiger partial charge in [-0.05, 0) is 37.2 Å². The lowest BCUT2D eigenvalue weighted by Gasteiger charge is -2.57. The van der Waals surface area contributed by atoms with Gasteiger partial charge in [-0.25, -0.2) is 9.59 Å². The van der Waals surface area contributed by atoms with E-state index in [2.05, 4.69) is 0 Å². The minimum absolute atomic E-state index is 0.196. The fraction of sp³-hybridized carbons (Fsp3) is 0.643. The summed E-state index contributed by atoms with van der Waals surface area (Å²) < 4.78 is 5.81. The topological polar surface area (TPSA) is 182 Å². The second-order valence-corrected chi connectivity index (χ2v) is 11.7. The summed E-state index contributed by atoms with van der Waals surface area (Å²) in [6.07, 6.45) is 2.13. The number of carboxylic acids is 2. The number of rotatable bonds is 10. The van der Waals surface area contributed by atoms with Crippen LogP contribution in [0.3, 0.4) is 0 Å². The quantitative estimate of drug-likeness (QED) is 0.152. The predicted octanol–water partition coefficient (Wildman–Crippen LogP) is 1.42. The number of hydrogen-bond acceptors (Lipinski definition) is 8. The average molecular weight is 550 g/mol. The number of carbonyl (C=O) groups is 4. The highest BCUT2D eigenvalue weighted by Crippen LogP contribution is 2.61. The van der Waals surface area contributed by atoms with Crippen LogP contribution in [-0.4, -0.2) is 91.3 Å². The van der Waals surface area contributed by atoms with E-state index in [9.17, 15) is 39.6 Å². The number of allylic oxidation sites excluding steroid dienone is 2. The first-order valence-electron chi connectivity index (χ1n) is 13.2. The summed E-state index contributed by atoms with van der Waals surface area (Å²) >= 11 is 0. The Morgan fingerprint density at radius 2 is 1.79 bits per heavy atom. The first kappa shape index (κ1) is 30.5. The number of fused-ring (bicyclic) bond motifs is 2. The summed E-state index contributed by atoms with van der Waals surface area (Å²) in [4.78, 5) is 50.8. The number of aliphatic hydroxyl groups is 3. The highest BCUT2D eigenvalue weighted by Gasteiger charge is 2.62. The molecule has 11 nitrogen and oxygen atoms in total. The molecule has 3 rings (SSSR count). The van der Waals surface area contributed by atoms with E-state index < -0.39 is 77.4 Å². The van der Waals surface area contributed by atoms with Crippen LogP contribution in [0.1, 0.15) is 59.8 Å². The molecule has 1 saturated carbocycles. The first-order valence-corrected chi connectivity index (χ1v) is 13.2. The zero-order valence-electron chi connectivity index (χ0n) is 22.7. The molecule has 0 spiro atoms. The number of aliphatic hydroxyl groups excluding tert-OH is 3. The number of amides is 1. The summed E-state index contributed by atoms with van der Waals surface area (Å²) in [5.74, 6) is -4.23. The molecule has 1 amide bonds. The van der Waals surface area contributed by atoms with E-state index in [1.54, 1.807) is 0 Å². The van der Waals surface area contributed by atoms with Gasteiger partial charge >= 0.3 is 17.9 Å². The molecule has 0 aromatic heterocycles. The van der Waals surface area contributed by atoms with Crippen LogP contribution in [0.25, 0.3) is 0 Å². The van der Waals surface area contributed by atoms with Crippen molar-refractivity contribution in [2.75, 3.05) is 6.54 Å². The van der Waals surface area contributed by atoms with Gasteiger partial charge in [-0.15, -0.1) is 0 Å². The molecule has 216 valence electrons. The van der Waals surface area contributed by atoms with Gasteiger partial charge in [-0.3, -0.25) is 9.59 Å². The second kappa shape index (κ2) is 11.6. The van der Waals surface area contributed by atoms with Gasteiger partial charge < -0.3 is 35.2 Å². The lowest BCUT2D eigenvalue weighted by molar-refractivity contribution is -0.170. The van der Waals surface area contributed by atoms with Crippen molar-refractivity contribution in [3.63, 3.8) is 0 Å². The normalized spacial score (nSPS) is 30.7. The smallest absolute Gasteiger partial charge is 0.331 e. The molecule has 2 aliphatic carbocycles. The van der Waals surface area contributed by atoms with E-state index in [1.807, 2.05) is 20.8 Å². The van der Waals surface area contributed by atoms with Crippen LogP contribution in [0.5, 0.6) is 0 Å². The zero-order chi connectivity index (χ0) is 29.3. The lowest BCUT2D eigenvalue weighted by atomic mass is 9.49. The van der Waals surface area contributed by atoms with Gasteiger partial charge in [0.1, 0.15) is 18.2 Å². The summed E-state index contributed by atoms with van der Waals surface area (Å²) in [5, 5.41) is 49.4. The molecule has 1 heterocycles. The van der Waals surface area contributed by atoms with Crippen LogP contribution in [0.4, 0.5) is 0 Å². The molecule has 5 N–H and O–H groups in total. The molecule has 0 aromatic carbocycles. The van der Waals surface area contributed by atoms with Crippen LogP contribution in [0, 0.1) is 16.7 Å². The third-order valence-electron chi connectivity index (χ3n) is 8.44. The molecule has 0 unspecified atom stereocenters. The maximum absolute atomic E-state index is 13.7. The standard InChI is InChI=1S/C28H39NO10/c1-15(30)18(31)8-5-6-9-20(34)39-23-22(35)16-14-29(17(26(37)38)10-11-19(32)33)25(36)21(16)28(4)13-7-12-27(2,3)24(23)28/h5-6,8-9,15,17-18,22-24,30-31,35H,7,10-14H2,1-4H3,(H,32,33)(H,37,38)/b8-5+,9-6+/t15-,17+,18-,22-,23-,24+,28-/m1/s1. The third-order valence-corrected chi connectivity index (χ3v) is 8.44. The third kappa shape index (κ3) is 6.10. The van der Waals surface area contributed by atoms with Crippen molar-refractivity contribution in [1.82, 2.24) is 4.90 Å². The zero-order valence-corrected chi connectivity index (χ0v) is 22.7. The van der Waals surface area contributed by atoms with E-state index in [0.29, 0.717) is 17.6 Å². The molecule has 0 saturated heterocycles. The Hall–Kier alpha value is -3.02. The van der Waals surface area contributed by atoms with Gasteiger partial charge in [0.25, 0.3) is 5.91 Å². The van der Waals surface area contributed by atoms with Gasteiger partial charge in [0.15, 0.2) is 0 Å². The Balaban J connectivity index is 1.94. The molecule has 11 heteroatoms. The molecule has 3 aliphatic rings. The molecular weight excluding hydrogens is 510 g/mol. The van der Waals surface area contributed by atoms with Gasteiger partial charge in [0.05, 0.1) is 12.2 Å². The Labute approximate surface area is 227 Å². The van der Waals surface area contributed by atoms with Gasteiger partial charge in [0, 0.05) is 35.9 Å². The fourth-order valence-electron chi connectivity index (χ4n) is 6.72. The number of aliphatic carboxylic acids is 2. The molecule has 39 heavy (non-hydrogen) atoms. The highest BCUT2D eigenvalue weighted by molar-refractivity contribution is 6.01. The van der Waals surface area contributed by atoms with Crippen molar-refractivity contribution in [3.05, 3.63) is 35.5 Å². The van der Waals surface area contributed by atoms with E-state index in [1.165, 1.54) is 25.2 Å². The molecular formula is C28H39NO10. The number of carbonyl (C=O) groups excluding carboxylic acids is 2. The van der Waals surface area contributed by atoms with Crippen molar-refractivity contribution >= 4 is 23.8 Å². The van der Waals surface area contributed by atoms with E-state index in [0.717, 1.165) is 23.8 Å². The number of ether oxygens (including phenoxy) is 1. The number of carboxylic acid groups (broad SMARTS) is 2. The van der Waals surface area contributed by atoms with Crippen LogP contribution in [0.2, 0.25) is 0 Å². The predicted molar refractivity (Wildman–Crippen MR) is 138 cm³/mol. The summed E-state index contributed by atoms with van der Waals surface area (Å²) in [6.45, 7) is 7.11. The van der Waals surface area contributed by atoms with Crippen molar-refractivity contribution in [2.45, 2.75) is 90.3 Å². The summed E-state index contributed by atoms with van der Waals surface area (Å²) in [7, 11) is 0. The second-order valence-electron chi connectivity index (χ2n) is 11.7. The van der Waals surface area contributed by atoms with Crippen molar-refractivity contribution in [2.24, 2.45) is 16.7 Å². The van der Waals surface area contributed by atoms with E-state index >= 15 is 0 Å². The Morgan fingerprint density at radius 1 is 1.13 bits per heavy atom. The Bertz CT molecular complexity index is 1090. The molecule has 0 bridgehead atoms. The monoisotopic (exact) mass is 549 g/mol. The molecule has 7 atom stereocenters. The molecule has 1 fully saturated rings. The van der Waals surface area contributed by atoms with E-state index in [4.69, 9.17) is 9.84 Å². The minimum atomic E-state index is -1.38.